The summed E-state index contributed by atoms with van der Waals surface area (Å²) in [6.45, 7) is 6.65. The molecule has 0 fully saturated rings. The lowest BCUT2D eigenvalue weighted by Crippen LogP contribution is -2.13. The number of nitrogens with zero attached hydrogens (tertiary/aromatic N) is 1. The van der Waals surface area contributed by atoms with Crippen molar-refractivity contribution in [1.29, 1.82) is 0 Å². The molecule has 0 aliphatic carbocycles. The zero-order valence-corrected chi connectivity index (χ0v) is 19.2. The van der Waals surface area contributed by atoms with E-state index in [0.29, 0.717) is 0 Å². The van der Waals surface area contributed by atoms with Gasteiger partial charge in [-0.15, -0.1) is 35.3 Å². The summed E-state index contributed by atoms with van der Waals surface area (Å²) < 4.78 is 0. The van der Waals surface area contributed by atoms with Crippen molar-refractivity contribution in [2.24, 2.45) is 0 Å². The summed E-state index contributed by atoms with van der Waals surface area (Å²) in [6, 6.07) is 26.3. The fourth-order valence-electron chi connectivity index (χ4n) is 3.15. The number of benzene rings is 3. The summed E-state index contributed by atoms with van der Waals surface area (Å²) in [5, 5.41) is 0. The van der Waals surface area contributed by atoms with Gasteiger partial charge in [0.25, 0.3) is 0 Å². The van der Waals surface area contributed by atoms with Crippen LogP contribution in [0.15, 0.2) is 87.5 Å². The van der Waals surface area contributed by atoms with Gasteiger partial charge in [-0.05, 0) is 53.7 Å². The largest absolute Gasteiger partial charge is 0.307 e. The van der Waals surface area contributed by atoms with Crippen LogP contribution in [0.4, 0.5) is 17.1 Å². The SMILES string of the molecule is CCSc1ccccc1N(c1ccccc1SCC)c1ccccc1SCC. The minimum Gasteiger partial charge on any atom is -0.307 e. The van der Waals surface area contributed by atoms with Crippen molar-refractivity contribution in [2.75, 3.05) is 22.2 Å². The van der Waals surface area contributed by atoms with Gasteiger partial charge < -0.3 is 4.90 Å². The Hall–Kier alpha value is -1.49. The van der Waals surface area contributed by atoms with Crippen LogP contribution in [0.2, 0.25) is 0 Å². The maximum absolute atomic E-state index is 2.45. The lowest BCUT2D eigenvalue weighted by Gasteiger charge is -2.30. The molecule has 3 aromatic carbocycles. The minimum absolute atomic E-state index is 1.06. The van der Waals surface area contributed by atoms with Crippen LogP contribution in [0.3, 0.4) is 0 Å². The minimum atomic E-state index is 1.06. The molecule has 0 spiro atoms. The van der Waals surface area contributed by atoms with Crippen molar-refractivity contribution >= 4 is 52.3 Å². The molecule has 0 aliphatic heterocycles. The number of rotatable bonds is 9. The molecule has 0 saturated carbocycles. The predicted molar refractivity (Wildman–Crippen MR) is 130 cm³/mol. The summed E-state index contributed by atoms with van der Waals surface area (Å²) in [5.74, 6) is 3.17. The first-order valence-electron chi connectivity index (χ1n) is 9.75. The van der Waals surface area contributed by atoms with Crippen LogP contribution in [0.25, 0.3) is 0 Å². The van der Waals surface area contributed by atoms with E-state index in [1.165, 1.54) is 31.7 Å². The van der Waals surface area contributed by atoms with E-state index >= 15 is 0 Å². The van der Waals surface area contributed by atoms with Gasteiger partial charge in [-0.2, -0.15) is 0 Å². The maximum Gasteiger partial charge on any atom is 0.0598 e. The van der Waals surface area contributed by atoms with Gasteiger partial charge in [-0.3, -0.25) is 0 Å². The molecule has 0 unspecified atom stereocenters. The lowest BCUT2D eigenvalue weighted by molar-refractivity contribution is 1.16. The van der Waals surface area contributed by atoms with Crippen molar-refractivity contribution < 1.29 is 0 Å². The molecular formula is C24H27NS3. The fourth-order valence-corrected chi connectivity index (χ4v) is 5.53. The molecule has 3 aromatic rings. The molecule has 28 heavy (non-hydrogen) atoms. The summed E-state index contributed by atoms with van der Waals surface area (Å²) in [7, 11) is 0. The highest BCUT2D eigenvalue weighted by molar-refractivity contribution is 8.00. The van der Waals surface area contributed by atoms with Gasteiger partial charge in [0.05, 0.1) is 17.1 Å². The summed E-state index contributed by atoms with van der Waals surface area (Å²) in [4.78, 5) is 6.40. The normalized spacial score (nSPS) is 10.8. The van der Waals surface area contributed by atoms with Gasteiger partial charge in [0, 0.05) is 14.7 Å². The molecule has 0 radical (unpaired) electrons. The van der Waals surface area contributed by atoms with E-state index in [1.807, 2.05) is 35.3 Å². The monoisotopic (exact) mass is 425 g/mol. The standard InChI is InChI=1S/C24H27NS3/c1-4-26-22-16-10-7-13-19(22)25(20-14-8-11-17-23(20)27-5-2)21-15-9-12-18-24(21)28-6-3/h7-18H,4-6H2,1-3H3. The average molecular weight is 426 g/mol. The molecule has 0 aliphatic rings. The van der Waals surface area contributed by atoms with E-state index in [4.69, 9.17) is 0 Å². The molecule has 0 saturated heterocycles. The molecule has 0 atom stereocenters. The molecule has 146 valence electrons. The molecule has 0 bridgehead atoms. The third-order valence-electron chi connectivity index (χ3n) is 4.22. The van der Waals surface area contributed by atoms with Gasteiger partial charge in [-0.1, -0.05) is 57.2 Å². The quantitative estimate of drug-likeness (QED) is 0.316. The van der Waals surface area contributed by atoms with E-state index in [0.717, 1.165) is 17.3 Å². The van der Waals surface area contributed by atoms with Crippen LogP contribution in [0.5, 0.6) is 0 Å². The molecule has 4 heteroatoms. The third-order valence-corrected chi connectivity index (χ3v) is 7.05. The van der Waals surface area contributed by atoms with E-state index in [2.05, 4.69) is 98.5 Å². The molecule has 0 heterocycles. The van der Waals surface area contributed by atoms with E-state index in [1.54, 1.807) is 0 Å². The Morgan fingerprint density at radius 2 is 0.786 bits per heavy atom. The van der Waals surface area contributed by atoms with Crippen LogP contribution >= 0.6 is 35.3 Å². The molecule has 3 rings (SSSR count). The second-order valence-electron chi connectivity index (χ2n) is 6.04. The highest BCUT2D eigenvalue weighted by atomic mass is 32.2. The summed E-state index contributed by atoms with van der Waals surface area (Å²) >= 11 is 5.71. The number of para-hydroxylation sites is 3. The first kappa shape index (κ1) is 21.2. The van der Waals surface area contributed by atoms with Gasteiger partial charge in [0.15, 0.2) is 0 Å². The zero-order valence-electron chi connectivity index (χ0n) is 16.7. The Morgan fingerprint density at radius 1 is 0.500 bits per heavy atom. The first-order valence-corrected chi connectivity index (χ1v) is 12.7. The van der Waals surface area contributed by atoms with Crippen molar-refractivity contribution in [3.8, 4) is 0 Å². The Bertz CT molecular complexity index is 777. The van der Waals surface area contributed by atoms with E-state index < -0.39 is 0 Å². The van der Waals surface area contributed by atoms with Crippen LogP contribution < -0.4 is 4.90 Å². The fraction of sp³-hybridized carbons (Fsp3) is 0.250. The van der Waals surface area contributed by atoms with Crippen molar-refractivity contribution in [3.63, 3.8) is 0 Å². The number of anilines is 3. The molecule has 0 N–H and O–H groups in total. The second-order valence-corrected chi connectivity index (χ2v) is 9.96. The number of hydrogen-bond donors (Lipinski definition) is 0. The Kier molecular flexibility index (Phi) is 8.26. The first-order chi connectivity index (χ1) is 13.8. The molecular weight excluding hydrogens is 398 g/mol. The van der Waals surface area contributed by atoms with Gasteiger partial charge in [0.2, 0.25) is 0 Å². The van der Waals surface area contributed by atoms with Crippen LogP contribution in [-0.2, 0) is 0 Å². The lowest BCUT2D eigenvalue weighted by atomic mass is 10.2. The topological polar surface area (TPSA) is 3.24 Å². The molecule has 0 aromatic heterocycles. The number of thioether (sulfide) groups is 3. The van der Waals surface area contributed by atoms with Gasteiger partial charge >= 0.3 is 0 Å². The van der Waals surface area contributed by atoms with Gasteiger partial charge in [-0.25, -0.2) is 0 Å². The van der Waals surface area contributed by atoms with Crippen molar-refractivity contribution in [3.05, 3.63) is 72.8 Å². The van der Waals surface area contributed by atoms with Crippen LogP contribution in [0, 0.1) is 0 Å². The van der Waals surface area contributed by atoms with Crippen molar-refractivity contribution in [2.45, 2.75) is 35.5 Å². The summed E-state index contributed by atoms with van der Waals surface area (Å²) in [6.07, 6.45) is 0. The molecule has 1 nitrogen and oxygen atoms in total. The van der Waals surface area contributed by atoms with Crippen LogP contribution in [-0.4, -0.2) is 17.3 Å². The van der Waals surface area contributed by atoms with E-state index in [9.17, 15) is 0 Å². The number of hydrogen-bond acceptors (Lipinski definition) is 4. The Balaban J connectivity index is 2.25. The van der Waals surface area contributed by atoms with Crippen LogP contribution in [0.1, 0.15) is 20.8 Å². The smallest absolute Gasteiger partial charge is 0.0598 e. The Morgan fingerprint density at radius 3 is 1.07 bits per heavy atom. The highest BCUT2D eigenvalue weighted by Crippen LogP contribution is 2.46. The summed E-state index contributed by atoms with van der Waals surface area (Å²) in [5.41, 5.74) is 3.76. The maximum atomic E-state index is 2.45. The second kappa shape index (κ2) is 10.9. The Labute approximate surface area is 182 Å². The zero-order chi connectivity index (χ0) is 19.8. The van der Waals surface area contributed by atoms with Crippen molar-refractivity contribution in [1.82, 2.24) is 0 Å². The molecule has 0 amide bonds. The highest BCUT2D eigenvalue weighted by Gasteiger charge is 2.21. The third kappa shape index (κ3) is 4.91. The van der Waals surface area contributed by atoms with Gasteiger partial charge in [0.1, 0.15) is 0 Å². The predicted octanol–water partition coefficient (Wildman–Crippen LogP) is 8.49. The van der Waals surface area contributed by atoms with E-state index in [-0.39, 0.29) is 0 Å². The average Bonchev–Trinajstić information content (AvgIpc) is 2.72.